The Kier molecular flexibility index (Phi) is 7.94. The van der Waals surface area contributed by atoms with Crippen molar-refractivity contribution in [3.05, 3.63) is 145 Å². The molecule has 6 rings (SSSR count). The molecule has 1 N–H and O–H groups in total. The minimum absolute atomic E-state index is 0.140. The van der Waals surface area contributed by atoms with E-state index in [1.807, 2.05) is 30.3 Å². The van der Waals surface area contributed by atoms with E-state index in [1.165, 1.54) is 0 Å². The van der Waals surface area contributed by atoms with Gasteiger partial charge in [-0.15, -0.1) is 0 Å². The maximum atomic E-state index is 13.2. The molecule has 0 aliphatic rings. The van der Waals surface area contributed by atoms with Crippen molar-refractivity contribution in [2.45, 2.75) is 0 Å². The number of benzene rings is 6. The van der Waals surface area contributed by atoms with Crippen molar-refractivity contribution in [3.8, 4) is 34.1 Å². The number of phenols is 1. The van der Waals surface area contributed by atoms with Gasteiger partial charge in [0.25, 0.3) is 0 Å². The lowest BCUT2D eigenvalue weighted by Crippen LogP contribution is -2.10. The highest BCUT2D eigenvalue weighted by Crippen LogP contribution is 2.35. The van der Waals surface area contributed by atoms with Crippen LogP contribution in [0.4, 0.5) is 0 Å². The van der Waals surface area contributed by atoms with E-state index in [-0.39, 0.29) is 11.5 Å². The van der Waals surface area contributed by atoms with Crippen LogP contribution in [0, 0.1) is 0 Å². The molecule has 0 spiro atoms. The molecule has 0 saturated carbocycles. The standard InChI is InChI=1S/C37H24O8/c1-2-35(39)45-44-32-15-13-25-19-28(11-9-27(25)21-32)36(40)42-31-16-17-34(33(22-31)23-6-4-3-5-7-23)43-37(41)29-10-8-26-20-30(38)14-12-24(26)18-29/h2-22,38H,1H2. The summed E-state index contributed by atoms with van der Waals surface area (Å²) in [5, 5.41) is 12.8. The first-order chi connectivity index (χ1) is 21.9. The number of hydrogen-bond acceptors (Lipinski definition) is 8. The fraction of sp³-hybridized carbons (Fsp3) is 0. The number of fused-ring (bicyclic) bond motifs is 2. The molecule has 220 valence electrons. The number of esters is 2. The number of ether oxygens (including phenoxy) is 2. The molecule has 0 unspecified atom stereocenters. The minimum Gasteiger partial charge on any atom is -0.508 e. The monoisotopic (exact) mass is 596 g/mol. The number of rotatable bonds is 8. The SMILES string of the molecule is C=CC(=O)OOc1ccc2cc(C(=O)Oc3ccc(OC(=O)c4ccc5cc(O)ccc5c4)c(-c4ccccc4)c3)ccc2c1. The Bertz CT molecular complexity index is 2100. The lowest BCUT2D eigenvalue weighted by Gasteiger charge is -2.13. The van der Waals surface area contributed by atoms with E-state index in [4.69, 9.17) is 14.4 Å². The summed E-state index contributed by atoms with van der Waals surface area (Å²) < 4.78 is 11.5. The summed E-state index contributed by atoms with van der Waals surface area (Å²) in [5.41, 5.74) is 1.98. The zero-order chi connectivity index (χ0) is 31.3. The minimum atomic E-state index is -0.720. The molecule has 45 heavy (non-hydrogen) atoms. The highest BCUT2D eigenvalue weighted by Gasteiger charge is 2.17. The van der Waals surface area contributed by atoms with Gasteiger partial charge in [-0.2, -0.15) is 0 Å². The molecule has 0 aliphatic heterocycles. The second-order valence-electron chi connectivity index (χ2n) is 9.96. The topological polar surface area (TPSA) is 108 Å². The Hall–Kier alpha value is -6.41. The van der Waals surface area contributed by atoms with Crippen LogP contribution in [0.15, 0.2) is 134 Å². The zero-order valence-corrected chi connectivity index (χ0v) is 23.6. The lowest BCUT2D eigenvalue weighted by molar-refractivity contribution is -0.207. The first-order valence-electron chi connectivity index (χ1n) is 13.8. The number of phenolic OH excluding ortho intramolecular Hbond substituents is 1. The maximum absolute atomic E-state index is 13.2. The predicted octanol–water partition coefficient (Wildman–Crippen LogP) is 7.83. The van der Waals surface area contributed by atoms with Crippen LogP contribution in [0.2, 0.25) is 0 Å². The van der Waals surface area contributed by atoms with Gasteiger partial charge in [0.2, 0.25) is 0 Å². The second-order valence-corrected chi connectivity index (χ2v) is 9.96. The van der Waals surface area contributed by atoms with E-state index in [9.17, 15) is 19.5 Å². The van der Waals surface area contributed by atoms with Crippen LogP contribution < -0.4 is 14.4 Å². The summed E-state index contributed by atoms with van der Waals surface area (Å²) >= 11 is 0. The number of carbonyl (C=O) groups is 3. The lowest BCUT2D eigenvalue weighted by atomic mass is 10.0. The van der Waals surface area contributed by atoms with Crippen LogP contribution in [-0.2, 0) is 9.68 Å². The van der Waals surface area contributed by atoms with Crippen molar-refractivity contribution in [1.29, 1.82) is 0 Å². The van der Waals surface area contributed by atoms with Crippen molar-refractivity contribution in [2.75, 3.05) is 0 Å². The van der Waals surface area contributed by atoms with Gasteiger partial charge in [-0.25, -0.2) is 19.3 Å². The van der Waals surface area contributed by atoms with Gasteiger partial charge in [0, 0.05) is 11.6 Å². The van der Waals surface area contributed by atoms with Gasteiger partial charge >= 0.3 is 17.9 Å². The molecule has 0 fully saturated rings. The number of hydrogen-bond donors (Lipinski definition) is 1. The summed E-state index contributed by atoms with van der Waals surface area (Å²) in [4.78, 5) is 47.2. The molecule has 0 radical (unpaired) electrons. The van der Waals surface area contributed by atoms with Crippen molar-refractivity contribution in [2.24, 2.45) is 0 Å². The number of carbonyl (C=O) groups excluding carboxylic acids is 3. The van der Waals surface area contributed by atoms with Crippen LogP contribution in [0.1, 0.15) is 20.7 Å². The molecule has 0 bridgehead atoms. The first-order valence-corrected chi connectivity index (χ1v) is 13.8. The third-order valence-corrected chi connectivity index (χ3v) is 6.94. The van der Waals surface area contributed by atoms with E-state index in [0.717, 1.165) is 33.2 Å². The van der Waals surface area contributed by atoms with Gasteiger partial charge < -0.3 is 14.6 Å². The van der Waals surface area contributed by atoms with Crippen molar-refractivity contribution >= 4 is 39.5 Å². The second kappa shape index (κ2) is 12.4. The Morgan fingerprint density at radius 3 is 1.91 bits per heavy atom. The molecule has 0 heterocycles. The molecular formula is C37H24O8. The maximum Gasteiger partial charge on any atom is 0.378 e. The predicted molar refractivity (Wildman–Crippen MR) is 168 cm³/mol. The Labute approximate surface area is 257 Å². The van der Waals surface area contributed by atoms with Crippen LogP contribution >= 0.6 is 0 Å². The summed E-state index contributed by atoms with van der Waals surface area (Å²) in [6.45, 7) is 3.31. The molecule has 0 amide bonds. The molecule has 6 aromatic rings. The van der Waals surface area contributed by atoms with E-state index < -0.39 is 17.9 Å². The van der Waals surface area contributed by atoms with E-state index >= 15 is 0 Å². The number of aromatic hydroxyl groups is 1. The quantitative estimate of drug-likeness (QED) is 0.0623. The smallest absolute Gasteiger partial charge is 0.378 e. The summed E-state index contributed by atoms with van der Waals surface area (Å²) in [5.74, 6) is -0.860. The van der Waals surface area contributed by atoms with Crippen LogP contribution in [0.5, 0.6) is 23.0 Å². The fourth-order valence-electron chi connectivity index (χ4n) is 4.72. The highest BCUT2D eigenvalue weighted by molar-refractivity contribution is 5.98. The average Bonchev–Trinajstić information content (AvgIpc) is 3.07. The normalized spacial score (nSPS) is 10.7. The van der Waals surface area contributed by atoms with Crippen LogP contribution in [0.3, 0.4) is 0 Å². The van der Waals surface area contributed by atoms with Gasteiger partial charge in [-0.3, -0.25) is 4.89 Å². The van der Waals surface area contributed by atoms with Gasteiger partial charge in [-0.1, -0.05) is 61.2 Å². The van der Waals surface area contributed by atoms with Crippen molar-refractivity contribution in [1.82, 2.24) is 0 Å². The fourth-order valence-corrected chi connectivity index (χ4v) is 4.72. The van der Waals surface area contributed by atoms with Crippen molar-refractivity contribution < 1.29 is 38.7 Å². The van der Waals surface area contributed by atoms with Crippen LogP contribution in [-0.4, -0.2) is 23.0 Å². The Morgan fingerprint density at radius 2 is 1.20 bits per heavy atom. The van der Waals surface area contributed by atoms with Crippen molar-refractivity contribution in [3.63, 3.8) is 0 Å². The van der Waals surface area contributed by atoms with Crippen LogP contribution in [0.25, 0.3) is 32.7 Å². The van der Waals surface area contributed by atoms with E-state index in [0.29, 0.717) is 28.2 Å². The molecule has 0 saturated heterocycles. The van der Waals surface area contributed by atoms with Gasteiger partial charge in [0.1, 0.15) is 17.2 Å². The molecule has 0 aliphatic carbocycles. The molecule has 0 aromatic heterocycles. The highest BCUT2D eigenvalue weighted by atomic mass is 17.2. The van der Waals surface area contributed by atoms with Gasteiger partial charge in [-0.05, 0) is 93.8 Å². The molecule has 8 nitrogen and oxygen atoms in total. The first kappa shape index (κ1) is 28.7. The third kappa shape index (κ3) is 6.50. The molecule has 0 atom stereocenters. The molecular weight excluding hydrogens is 572 g/mol. The summed E-state index contributed by atoms with van der Waals surface area (Å²) in [6.07, 6.45) is 0.988. The summed E-state index contributed by atoms with van der Waals surface area (Å²) in [6, 6.07) is 34.1. The van der Waals surface area contributed by atoms with Gasteiger partial charge in [0.15, 0.2) is 5.75 Å². The molecule has 6 aromatic carbocycles. The van der Waals surface area contributed by atoms with Gasteiger partial charge in [0.05, 0.1) is 11.1 Å². The Balaban J connectivity index is 1.23. The molecule has 8 heteroatoms. The van der Waals surface area contributed by atoms with E-state index in [1.54, 1.807) is 91.0 Å². The Morgan fingerprint density at radius 1 is 0.600 bits per heavy atom. The average molecular weight is 597 g/mol. The largest absolute Gasteiger partial charge is 0.508 e. The zero-order valence-electron chi connectivity index (χ0n) is 23.6. The van der Waals surface area contributed by atoms with E-state index in [2.05, 4.69) is 11.5 Å². The third-order valence-electron chi connectivity index (χ3n) is 6.94. The summed E-state index contributed by atoms with van der Waals surface area (Å²) in [7, 11) is 0.